The zero-order chi connectivity index (χ0) is 13.8. The van der Waals surface area contributed by atoms with Gasteiger partial charge in [-0.2, -0.15) is 0 Å². The topological polar surface area (TPSA) is 46.3 Å². The second-order valence-corrected chi connectivity index (χ2v) is 5.73. The smallest absolute Gasteiger partial charge is 0.254 e. The first-order valence-corrected chi connectivity index (χ1v) is 7.21. The average Bonchev–Trinajstić information content (AvgIpc) is 2.41. The van der Waals surface area contributed by atoms with Gasteiger partial charge in [0, 0.05) is 18.2 Å². The van der Waals surface area contributed by atoms with Crippen LogP contribution in [0.25, 0.3) is 0 Å². The number of piperidine rings is 1. The van der Waals surface area contributed by atoms with Crippen molar-refractivity contribution in [2.45, 2.75) is 39.2 Å². The minimum Gasteiger partial charge on any atom is -0.336 e. The summed E-state index contributed by atoms with van der Waals surface area (Å²) in [7, 11) is 0. The van der Waals surface area contributed by atoms with Gasteiger partial charge in [0.05, 0.1) is 0 Å². The summed E-state index contributed by atoms with van der Waals surface area (Å²) in [4.78, 5) is 14.6. The van der Waals surface area contributed by atoms with Crippen molar-refractivity contribution in [2.75, 3.05) is 13.1 Å². The van der Waals surface area contributed by atoms with Crippen LogP contribution in [0.2, 0.25) is 0 Å². The number of amides is 1. The molecule has 1 amide bonds. The summed E-state index contributed by atoms with van der Waals surface area (Å²) in [5.41, 5.74) is 7.52. The number of carbonyl (C=O) groups excluding carboxylic acids is 1. The van der Waals surface area contributed by atoms with E-state index >= 15 is 0 Å². The predicted octanol–water partition coefficient (Wildman–Crippen LogP) is 2.45. The molecule has 1 aromatic rings. The molecule has 2 unspecified atom stereocenters. The van der Waals surface area contributed by atoms with Gasteiger partial charge in [0.2, 0.25) is 0 Å². The van der Waals surface area contributed by atoms with Crippen LogP contribution in [-0.2, 0) is 6.42 Å². The molecule has 1 heterocycles. The SMILES string of the molecule is CC1CCC(C)N(C(=O)c2cccc(CCN)c2)C1. The van der Waals surface area contributed by atoms with Crippen molar-refractivity contribution in [3.63, 3.8) is 0 Å². The molecule has 3 nitrogen and oxygen atoms in total. The van der Waals surface area contributed by atoms with E-state index < -0.39 is 0 Å². The van der Waals surface area contributed by atoms with Gasteiger partial charge in [-0.05, 0) is 56.3 Å². The Morgan fingerprint density at radius 1 is 1.37 bits per heavy atom. The second kappa shape index (κ2) is 6.20. The fraction of sp³-hybridized carbons (Fsp3) is 0.562. The highest BCUT2D eigenvalue weighted by molar-refractivity contribution is 5.94. The Morgan fingerprint density at radius 2 is 2.16 bits per heavy atom. The molecule has 2 rings (SSSR count). The van der Waals surface area contributed by atoms with Gasteiger partial charge in [-0.3, -0.25) is 4.79 Å². The summed E-state index contributed by atoms with van der Waals surface area (Å²) in [6, 6.07) is 8.24. The van der Waals surface area contributed by atoms with Crippen LogP contribution < -0.4 is 5.73 Å². The van der Waals surface area contributed by atoms with E-state index in [1.807, 2.05) is 29.2 Å². The molecular formula is C16H24N2O. The molecule has 0 bridgehead atoms. The number of hydrogen-bond donors (Lipinski definition) is 1. The summed E-state index contributed by atoms with van der Waals surface area (Å²) in [6.45, 7) is 5.86. The Kier molecular flexibility index (Phi) is 4.59. The zero-order valence-electron chi connectivity index (χ0n) is 11.9. The van der Waals surface area contributed by atoms with Gasteiger partial charge in [-0.1, -0.05) is 19.1 Å². The van der Waals surface area contributed by atoms with Crippen molar-refractivity contribution in [3.05, 3.63) is 35.4 Å². The minimum atomic E-state index is 0.165. The molecule has 1 aromatic carbocycles. The van der Waals surface area contributed by atoms with Gasteiger partial charge in [0.25, 0.3) is 5.91 Å². The van der Waals surface area contributed by atoms with Crippen molar-refractivity contribution in [2.24, 2.45) is 11.7 Å². The number of carbonyl (C=O) groups is 1. The summed E-state index contributed by atoms with van der Waals surface area (Å²) in [5.74, 6) is 0.769. The molecule has 0 saturated carbocycles. The lowest BCUT2D eigenvalue weighted by molar-refractivity contribution is 0.0574. The minimum absolute atomic E-state index is 0.165. The highest BCUT2D eigenvalue weighted by Crippen LogP contribution is 2.23. The van der Waals surface area contributed by atoms with Crippen molar-refractivity contribution in [3.8, 4) is 0 Å². The van der Waals surface area contributed by atoms with Gasteiger partial charge in [-0.15, -0.1) is 0 Å². The van der Waals surface area contributed by atoms with Gasteiger partial charge in [0.1, 0.15) is 0 Å². The van der Waals surface area contributed by atoms with Crippen LogP contribution in [0.1, 0.15) is 42.6 Å². The van der Waals surface area contributed by atoms with Crippen molar-refractivity contribution < 1.29 is 4.79 Å². The lowest BCUT2D eigenvalue weighted by Gasteiger charge is -2.37. The van der Waals surface area contributed by atoms with Crippen LogP contribution >= 0.6 is 0 Å². The lowest BCUT2D eigenvalue weighted by Crippen LogP contribution is -2.44. The standard InChI is InChI=1S/C16H24N2O/c1-12-6-7-13(2)18(11-12)16(19)15-5-3-4-14(10-15)8-9-17/h3-5,10,12-13H,6-9,11,17H2,1-2H3. The summed E-state index contributed by atoms with van der Waals surface area (Å²) >= 11 is 0. The first-order valence-electron chi connectivity index (χ1n) is 7.21. The largest absolute Gasteiger partial charge is 0.336 e. The maximum atomic E-state index is 12.6. The van der Waals surface area contributed by atoms with Crippen LogP contribution in [0, 0.1) is 5.92 Å². The molecule has 2 atom stereocenters. The van der Waals surface area contributed by atoms with E-state index in [2.05, 4.69) is 13.8 Å². The van der Waals surface area contributed by atoms with E-state index in [-0.39, 0.29) is 5.91 Å². The predicted molar refractivity (Wildman–Crippen MR) is 78.1 cm³/mol. The molecule has 1 saturated heterocycles. The summed E-state index contributed by atoms with van der Waals surface area (Å²) in [6.07, 6.45) is 3.15. The fourth-order valence-corrected chi connectivity index (χ4v) is 2.76. The monoisotopic (exact) mass is 260 g/mol. The van der Waals surface area contributed by atoms with Crippen molar-refractivity contribution in [1.29, 1.82) is 0 Å². The Morgan fingerprint density at radius 3 is 2.89 bits per heavy atom. The Balaban J connectivity index is 2.16. The van der Waals surface area contributed by atoms with E-state index in [0.29, 0.717) is 18.5 Å². The first-order chi connectivity index (χ1) is 9.11. The van der Waals surface area contributed by atoms with E-state index in [0.717, 1.165) is 30.5 Å². The lowest BCUT2D eigenvalue weighted by atomic mass is 9.94. The quantitative estimate of drug-likeness (QED) is 0.907. The molecule has 3 heteroatoms. The average molecular weight is 260 g/mol. The summed E-state index contributed by atoms with van der Waals surface area (Å²) in [5, 5.41) is 0. The third-order valence-corrected chi connectivity index (χ3v) is 3.99. The van der Waals surface area contributed by atoms with Crippen LogP contribution in [-0.4, -0.2) is 29.9 Å². The van der Waals surface area contributed by atoms with Gasteiger partial charge < -0.3 is 10.6 Å². The zero-order valence-corrected chi connectivity index (χ0v) is 11.9. The number of nitrogens with two attached hydrogens (primary N) is 1. The van der Waals surface area contributed by atoms with E-state index in [9.17, 15) is 4.79 Å². The molecule has 0 radical (unpaired) electrons. The van der Waals surface area contributed by atoms with Gasteiger partial charge in [0.15, 0.2) is 0 Å². The third kappa shape index (κ3) is 3.35. The molecule has 0 aromatic heterocycles. The maximum Gasteiger partial charge on any atom is 0.254 e. The number of hydrogen-bond acceptors (Lipinski definition) is 2. The molecule has 1 aliphatic heterocycles. The van der Waals surface area contributed by atoms with Crippen LogP contribution in [0.5, 0.6) is 0 Å². The van der Waals surface area contributed by atoms with Crippen LogP contribution in [0.3, 0.4) is 0 Å². The highest BCUT2D eigenvalue weighted by Gasteiger charge is 2.27. The molecular weight excluding hydrogens is 236 g/mol. The second-order valence-electron chi connectivity index (χ2n) is 5.73. The number of rotatable bonds is 3. The summed E-state index contributed by atoms with van der Waals surface area (Å²) < 4.78 is 0. The van der Waals surface area contributed by atoms with Gasteiger partial charge in [-0.25, -0.2) is 0 Å². The molecule has 19 heavy (non-hydrogen) atoms. The Hall–Kier alpha value is -1.35. The van der Waals surface area contributed by atoms with E-state index in [4.69, 9.17) is 5.73 Å². The molecule has 104 valence electrons. The first kappa shape index (κ1) is 14.1. The van der Waals surface area contributed by atoms with Crippen LogP contribution in [0.4, 0.5) is 0 Å². The molecule has 0 aliphatic carbocycles. The maximum absolute atomic E-state index is 12.6. The Bertz CT molecular complexity index is 444. The van der Waals surface area contributed by atoms with Gasteiger partial charge >= 0.3 is 0 Å². The molecule has 2 N–H and O–H groups in total. The molecule has 1 fully saturated rings. The number of likely N-dealkylation sites (tertiary alicyclic amines) is 1. The Labute approximate surface area is 115 Å². The number of nitrogens with zero attached hydrogens (tertiary/aromatic N) is 1. The van der Waals surface area contributed by atoms with Crippen LogP contribution in [0.15, 0.2) is 24.3 Å². The third-order valence-electron chi connectivity index (χ3n) is 3.99. The fourth-order valence-electron chi connectivity index (χ4n) is 2.76. The van der Waals surface area contributed by atoms with E-state index in [1.165, 1.54) is 6.42 Å². The van der Waals surface area contributed by atoms with E-state index in [1.54, 1.807) is 0 Å². The highest BCUT2D eigenvalue weighted by atomic mass is 16.2. The molecule has 0 spiro atoms. The van der Waals surface area contributed by atoms with Crippen molar-refractivity contribution in [1.82, 2.24) is 4.90 Å². The number of benzene rings is 1. The normalized spacial score (nSPS) is 23.4. The van der Waals surface area contributed by atoms with Crippen molar-refractivity contribution >= 4 is 5.91 Å². The molecule has 1 aliphatic rings.